The number of nitrogens with zero attached hydrogens (tertiary/aromatic N) is 1. The summed E-state index contributed by atoms with van der Waals surface area (Å²) in [5.74, 6) is 0.699. The summed E-state index contributed by atoms with van der Waals surface area (Å²) in [7, 11) is -3.31. The van der Waals surface area contributed by atoms with Crippen molar-refractivity contribution in [1.29, 1.82) is 0 Å². The van der Waals surface area contributed by atoms with Gasteiger partial charge in [0, 0.05) is 24.5 Å². The fourth-order valence-electron chi connectivity index (χ4n) is 2.91. The van der Waals surface area contributed by atoms with E-state index >= 15 is 0 Å². The topological polar surface area (TPSA) is 49.4 Å². The Bertz CT molecular complexity index is 532. The predicted octanol–water partition coefficient (Wildman–Crippen LogP) is 3.06. The van der Waals surface area contributed by atoms with Crippen LogP contribution in [0.1, 0.15) is 44.4 Å². The number of sulfonamides is 1. The molecule has 2 rings (SSSR count). The highest BCUT2D eigenvalue weighted by molar-refractivity contribution is 7.89. The maximum Gasteiger partial charge on any atom is 0.244 e. The van der Waals surface area contributed by atoms with Crippen LogP contribution in [-0.2, 0) is 16.6 Å². The van der Waals surface area contributed by atoms with Gasteiger partial charge in [-0.2, -0.15) is 4.31 Å². The first-order chi connectivity index (χ1) is 10.1. The molecule has 1 fully saturated rings. The van der Waals surface area contributed by atoms with Crippen molar-refractivity contribution >= 4 is 21.4 Å². The summed E-state index contributed by atoms with van der Waals surface area (Å²) < 4.78 is 27.3. The molecule has 1 saturated heterocycles. The van der Waals surface area contributed by atoms with Gasteiger partial charge in [0.25, 0.3) is 0 Å². The molecule has 1 aromatic rings. The summed E-state index contributed by atoms with van der Waals surface area (Å²) in [5, 5.41) is 5.10. The molecule has 0 amide bonds. The quantitative estimate of drug-likeness (QED) is 0.836. The van der Waals surface area contributed by atoms with Crippen LogP contribution in [0.3, 0.4) is 0 Å². The van der Waals surface area contributed by atoms with Gasteiger partial charge in [0.1, 0.15) is 0 Å². The van der Waals surface area contributed by atoms with Gasteiger partial charge in [0.15, 0.2) is 0 Å². The lowest BCUT2D eigenvalue weighted by atomic mass is 9.94. The zero-order valence-corrected chi connectivity index (χ0v) is 14.6. The lowest BCUT2D eigenvalue weighted by Crippen LogP contribution is -2.38. The zero-order valence-electron chi connectivity index (χ0n) is 13.0. The van der Waals surface area contributed by atoms with Gasteiger partial charge in [-0.05, 0) is 36.8 Å². The van der Waals surface area contributed by atoms with Gasteiger partial charge in [-0.1, -0.05) is 26.7 Å². The smallest absolute Gasteiger partial charge is 0.244 e. The second kappa shape index (κ2) is 7.72. The Morgan fingerprint density at radius 3 is 2.67 bits per heavy atom. The third kappa shape index (κ3) is 4.06. The van der Waals surface area contributed by atoms with E-state index in [1.165, 1.54) is 24.2 Å². The molecule has 1 aliphatic rings. The zero-order chi connectivity index (χ0) is 15.3. The summed E-state index contributed by atoms with van der Waals surface area (Å²) in [6.45, 7) is 7.05. The van der Waals surface area contributed by atoms with Crippen molar-refractivity contribution in [1.82, 2.24) is 9.62 Å². The minimum Gasteiger partial charge on any atom is -0.312 e. The Morgan fingerprint density at radius 2 is 2.05 bits per heavy atom. The van der Waals surface area contributed by atoms with E-state index in [-0.39, 0.29) is 0 Å². The predicted molar refractivity (Wildman–Crippen MR) is 88.1 cm³/mol. The molecule has 1 N–H and O–H groups in total. The van der Waals surface area contributed by atoms with Crippen LogP contribution in [0.2, 0.25) is 0 Å². The van der Waals surface area contributed by atoms with E-state index in [2.05, 4.69) is 12.2 Å². The Kier molecular flexibility index (Phi) is 6.22. The lowest BCUT2D eigenvalue weighted by molar-refractivity contribution is 0.262. The van der Waals surface area contributed by atoms with E-state index in [0.717, 1.165) is 24.3 Å². The Labute approximate surface area is 132 Å². The van der Waals surface area contributed by atoms with Gasteiger partial charge < -0.3 is 5.32 Å². The summed E-state index contributed by atoms with van der Waals surface area (Å²) in [6.07, 6.45) is 4.41. The molecular formula is C15H26N2O2S2. The Balaban J connectivity index is 2.07. The molecule has 0 atom stereocenters. The fourth-order valence-corrected chi connectivity index (χ4v) is 5.77. The van der Waals surface area contributed by atoms with Crippen LogP contribution < -0.4 is 5.32 Å². The van der Waals surface area contributed by atoms with Crippen molar-refractivity contribution in [3.8, 4) is 0 Å². The van der Waals surface area contributed by atoms with Crippen LogP contribution in [0.4, 0.5) is 0 Å². The van der Waals surface area contributed by atoms with E-state index in [4.69, 9.17) is 0 Å². The van der Waals surface area contributed by atoms with Crippen molar-refractivity contribution in [2.45, 2.75) is 51.0 Å². The first kappa shape index (κ1) is 16.9. The normalized spacial score (nSPS) is 18.2. The molecule has 2 heterocycles. The van der Waals surface area contributed by atoms with Gasteiger partial charge in [0.05, 0.1) is 4.90 Å². The molecule has 0 aliphatic carbocycles. The SMILES string of the molecule is CCCC1CCN(S(=O)(=O)c2ccsc2CNCC)CC1. The van der Waals surface area contributed by atoms with E-state index < -0.39 is 10.0 Å². The lowest BCUT2D eigenvalue weighted by Gasteiger charge is -2.31. The van der Waals surface area contributed by atoms with Crippen molar-refractivity contribution in [3.05, 3.63) is 16.3 Å². The largest absolute Gasteiger partial charge is 0.312 e. The molecular weight excluding hydrogens is 304 g/mol. The van der Waals surface area contributed by atoms with Gasteiger partial charge in [-0.15, -0.1) is 11.3 Å². The van der Waals surface area contributed by atoms with Crippen molar-refractivity contribution in [2.24, 2.45) is 5.92 Å². The van der Waals surface area contributed by atoms with Crippen LogP contribution in [0.25, 0.3) is 0 Å². The first-order valence-electron chi connectivity index (χ1n) is 7.86. The molecule has 4 nitrogen and oxygen atoms in total. The number of rotatable bonds is 7. The van der Waals surface area contributed by atoms with Gasteiger partial charge >= 0.3 is 0 Å². The van der Waals surface area contributed by atoms with Crippen molar-refractivity contribution in [2.75, 3.05) is 19.6 Å². The standard InChI is InChI=1S/C15H26N2O2S2/c1-3-5-13-6-9-17(10-7-13)21(18,19)15-8-11-20-14(15)12-16-4-2/h8,11,13,16H,3-7,9-10,12H2,1-2H3. The minimum absolute atomic E-state index is 0.502. The third-order valence-corrected chi connectivity index (χ3v) is 7.16. The highest BCUT2D eigenvalue weighted by Gasteiger charge is 2.31. The number of thiophene rings is 1. The van der Waals surface area contributed by atoms with Gasteiger partial charge in [-0.3, -0.25) is 0 Å². The summed E-state index contributed by atoms with van der Waals surface area (Å²) >= 11 is 1.52. The van der Waals surface area contributed by atoms with Gasteiger partial charge in [-0.25, -0.2) is 8.42 Å². The van der Waals surface area contributed by atoms with E-state index in [9.17, 15) is 8.42 Å². The first-order valence-corrected chi connectivity index (χ1v) is 10.2. The van der Waals surface area contributed by atoms with Crippen LogP contribution in [0.5, 0.6) is 0 Å². The fraction of sp³-hybridized carbons (Fsp3) is 0.733. The van der Waals surface area contributed by atoms with Crippen molar-refractivity contribution in [3.63, 3.8) is 0 Å². The molecule has 0 aromatic carbocycles. The van der Waals surface area contributed by atoms with Crippen LogP contribution in [-0.4, -0.2) is 32.4 Å². The number of hydrogen-bond acceptors (Lipinski definition) is 4. The second-order valence-electron chi connectivity index (χ2n) is 5.62. The molecule has 1 aliphatic heterocycles. The number of nitrogens with one attached hydrogen (secondary N) is 1. The third-order valence-electron chi connectivity index (χ3n) is 4.13. The Morgan fingerprint density at radius 1 is 1.33 bits per heavy atom. The maximum atomic E-state index is 12.8. The summed E-state index contributed by atoms with van der Waals surface area (Å²) in [5.41, 5.74) is 0. The summed E-state index contributed by atoms with van der Waals surface area (Å²) in [4.78, 5) is 1.43. The Hall–Kier alpha value is -0.430. The highest BCUT2D eigenvalue weighted by Crippen LogP contribution is 2.29. The highest BCUT2D eigenvalue weighted by atomic mass is 32.2. The molecule has 0 saturated carbocycles. The monoisotopic (exact) mass is 330 g/mol. The van der Waals surface area contributed by atoms with Crippen LogP contribution >= 0.6 is 11.3 Å². The molecule has 0 radical (unpaired) electrons. The number of piperidine rings is 1. The molecule has 120 valence electrons. The van der Waals surface area contributed by atoms with Crippen LogP contribution in [0, 0.1) is 5.92 Å². The second-order valence-corrected chi connectivity index (χ2v) is 8.53. The molecule has 0 unspecified atom stereocenters. The average Bonchev–Trinajstić information content (AvgIpc) is 2.95. The van der Waals surface area contributed by atoms with E-state index in [1.807, 2.05) is 12.3 Å². The minimum atomic E-state index is -3.31. The van der Waals surface area contributed by atoms with E-state index in [0.29, 0.717) is 30.4 Å². The van der Waals surface area contributed by atoms with E-state index in [1.54, 1.807) is 10.4 Å². The molecule has 21 heavy (non-hydrogen) atoms. The maximum absolute atomic E-state index is 12.8. The molecule has 0 spiro atoms. The van der Waals surface area contributed by atoms with Gasteiger partial charge in [0.2, 0.25) is 10.0 Å². The summed E-state index contributed by atoms with van der Waals surface area (Å²) in [6, 6.07) is 1.75. The average molecular weight is 331 g/mol. The van der Waals surface area contributed by atoms with Crippen molar-refractivity contribution < 1.29 is 8.42 Å². The molecule has 6 heteroatoms. The molecule has 1 aromatic heterocycles. The van der Waals surface area contributed by atoms with Crippen LogP contribution in [0.15, 0.2) is 16.3 Å². The number of hydrogen-bond donors (Lipinski definition) is 1. The molecule has 0 bridgehead atoms.